The Morgan fingerprint density at radius 2 is 2.32 bits per heavy atom. The number of nitrogens with zero attached hydrogens (tertiary/aromatic N) is 4. The molecule has 1 N–H and O–H groups in total. The molecule has 0 aliphatic carbocycles. The van der Waals surface area contributed by atoms with E-state index in [1.54, 1.807) is 29.1 Å². The summed E-state index contributed by atoms with van der Waals surface area (Å²) in [5.41, 5.74) is 1.78. The van der Waals surface area contributed by atoms with Gasteiger partial charge in [-0.05, 0) is 18.2 Å². The number of piperidine rings is 1. The van der Waals surface area contributed by atoms with Gasteiger partial charge in [-0.2, -0.15) is 5.26 Å². The van der Waals surface area contributed by atoms with Crippen LogP contribution in [-0.2, 0) is 7.05 Å². The van der Waals surface area contributed by atoms with Gasteiger partial charge >= 0.3 is 6.09 Å². The molecule has 1 aromatic carbocycles. The molecule has 0 spiro atoms. The Balaban J connectivity index is 1.77. The summed E-state index contributed by atoms with van der Waals surface area (Å²) in [6, 6.07) is 7.09. The van der Waals surface area contributed by atoms with Crippen molar-refractivity contribution in [2.75, 3.05) is 13.1 Å². The van der Waals surface area contributed by atoms with Crippen molar-refractivity contribution in [3.8, 4) is 23.1 Å². The molecular formula is C17H17FN4O3. The predicted molar refractivity (Wildman–Crippen MR) is 86.9 cm³/mol. The highest BCUT2D eigenvalue weighted by molar-refractivity contribution is 5.65. The van der Waals surface area contributed by atoms with E-state index in [0.29, 0.717) is 5.75 Å². The third-order valence-corrected chi connectivity index (χ3v) is 4.13. The van der Waals surface area contributed by atoms with E-state index in [9.17, 15) is 14.4 Å². The molecule has 130 valence electrons. The highest BCUT2D eigenvalue weighted by atomic mass is 19.1. The summed E-state index contributed by atoms with van der Waals surface area (Å²) in [5, 5.41) is 18.3. The lowest BCUT2D eigenvalue weighted by molar-refractivity contribution is 0.0248. The van der Waals surface area contributed by atoms with E-state index in [1.165, 1.54) is 0 Å². The number of halogens is 1. The molecule has 0 saturated carbocycles. The first-order chi connectivity index (χ1) is 12.0. The van der Waals surface area contributed by atoms with Gasteiger partial charge < -0.3 is 19.3 Å². The average Bonchev–Trinajstić information content (AvgIpc) is 3.03. The third kappa shape index (κ3) is 3.55. The number of carboxylic acid groups (broad SMARTS) is 1. The van der Waals surface area contributed by atoms with E-state index in [2.05, 4.69) is 11.1 Å². The van der Waals surface area contributed by atoms with Gasteiger partial charge in [0.1, 0.15) is 17.9 Å². The molecule has 2 aromatic rings. The first-order valence-corrected chi connectivity index (χ1v) is 7.79. The van der Waals surface area contributed by atoms with Crippen LogP contribution in [0.2, 0.25) is 0 Å². The van der Waals surface area contributed by atoms with Crippen LogP contribution in [0, 0.1) is 11.3 Å². The van der Waals surface area contributed by atoms with Gasteiger partial charge in [0, 0.05) is 31.8 Å². The van der Waals surface area contributed by atoms with Crippen LogP contribution in [0.4, 0.5) is 9.18 Å². The van der Waals surface area contributed by atoms with Crippen LogP contribution in [0.15, 0.2) is 30.7 Å². The van der Waals surface area contributed by atoms with Gasteiger partial charge in [-0.3, -0.25) is 0 Å². The van der Waals surface area contributed by atoms with Crippen LogP contribution in [-0.4, -0.2) is 51.0 Å². The second-order valence-corrected chi connectivity index (χ2v) is 5.94. The second-order valence-electron chi connectivity index (χ2n) is 5.94. The van der Waals surface area contributed by atoms with Gasteiger partial charge in [-0.15, -0.1) is 0 Å². The number of likely N-dealkylation sites (tertiary alicyclic amines) is 1. The molecule has 1 saturated heterocycles. The first kappa shape index (κ1) is 16.8. The second kappa shape index (κ2) is 6.81. The van der Waals surface area contributed by atoms with Crippen molar-refractivity contribution in [1.29, 1.82) is 5.26 Å². The van der Waals surface area contributed by atoms with Gasteiger partial charge in [-0.1, -0.05) is 0 Å². The summed E-state index contributed by atoms with van der Waals surface area (Å²) < 4.78 is 21.7. The average molecular weight is 344 g/mol. The summed E-state index contributed by atoms with van der Waals surface area (Å²) >= 11 is 0. The SMILES string of the molecule is Cn1cnc(-c2ccc(O[C@@H]3CCN(C(=O)O)C[C@@H]3F)c(C#N)c2)c1. The number of benzene rings is 1. The quantitative estimate of drug-likeness (QED) is 0.923. The Morgan fingerprint density at radius 3 is 2.92 bits per heavy atom. The lowest BCUT2D eigenvalue weighted by Crippen LogP contribution is -2.48. The molecular weight excluding hydrogens is 327 g/mol. The van der Waals surface area contributed by atoms with Crippen molar-refractivity contribution in [2.24, 2.45) is 7.05 Å². The van der Waals surface area contributed by atoms with Gasteiger partial charge in [0.15, 0.2) is 6.17 Å². The first-order valence-electron chi connectivity index (χ1n) is 7.79. The fourth-order valence-electron chi connectivity index (χ4n) is 2.79. The molecule has 1 aromatic heterocycles. The van der Waals surface area contributed by atoms with E-state index < -0.39 is 18.4 Å². The molecule has 8 heteroatoms. The number of hydrogen-bond acceptors (Lipinski definition) is 4. The van der Waals surface area contributed by atoms with Crippen molar-refractivity contribution in [3.05, 3.63) is 36.3 Å². The smallest absolute Gasteiger partial charge is 0.407 e. The number of nitriles is 1. The summed E-state index contributed by atoms with van der Waals surface area (Å²) in [4.78, 5) is 16.2. The zero-order valence-corrected chi connectivity index (χ0v) is 13.6. The number of ether oxygens (including phenoxy) is 1. The highest BCUT2D eigenvalue weighted by Crippen LogP contribution is 2.28. The molecule has 7 nitrogen and oxygen atoms in total. The molecule has 0 unspecified atom stereocenters. The number of aromatic nitrogens is 2. The molecule has 0 radical (unpaired) electrons. The molecule has 25 heavy (non-hydrogen) atoms. The summed E-state index contributed by atoms with van der Waals surface area (Å²) in [5.74, 6) is 0.290. The molecule has 2 heterocycles. The number of aryl methyl sites for hydroxylation is 1. The topological polar surface area (TPSA) is 91.4 Å². The fraction of sp³-hybridized carbons (Fsp3) is 0.353. The number of imidazole rings is 1. The number of hydrogen-bond donors (Lipinski definition) is 1. The molecule has 0 bridgehead atoms. The number of rotatable bonds is 3. The molecule has 2 atom stereocenters. The van der Waals surface area contributed by atoms with Gasteiger partial charge in [0.2, 0.25) is 0 Å². The highest BCUT2D eigenvalue weighted by Gasteiger charge is 2.33. The van der Waals surface area contributed by atoms with Crippen LogP contribution in [0.5, 0.6) is 5.75 Å². The largest absolute Gasteiger partial charge is 0.486 e. The zero-order valence-electron chi connectivity index (χ0n) is 13.6. The van der Waals surface area contributed by atoms with E-state index in [-0.39, 0.29) is 25.1 Å². The van der Waals surface area contributed by atoms with E-state index in [0.717, 1.165) is 16.2 Å². The molecule has 1 aliphatic heterocycles. The van der Waals surface area contributed by atoms with Crippen LogP contribution in [0.3, 0.4) is 0 Å². The number of alkyl halides is 1. The van der Waals surface area contributed by atoms with Crippen LogP contribution >= 0.6 is 0 Å². The zero-order chi connectivity index (χ0) is 18.0. The Bertz CT molecular complexity index is 830. The van der Waals surface area contributed by atoms with E-state index in [4.69, 9.17) is 9.84 Å². The molecule has 1 aliphatic rings. The Morgan fingerprint density at radius 1 is 1.52 bits per heavy atom. The van der Waals surface area contributed by atoms with Crippen molar-refractivity contribution < 1.29 is 19.0 Å². The summed E-state index contributed by atoms with van der Waals surface area (Å²) in [6.45, 7) is -0.0256. The monoisotopic (exact) mass is 344 g/mol. The molecule has 1 amide bonds. The Hall–Kier alpha value is -3.08. The lowest BCUT2D eigenvalue weighted by Gasteiger charge is -2.33. The van der Waals surface area contributed by atoms with Crippen molar-refractivity contribution in [1.82, 2.24) is 14.5 Å². The van der Waals surface area contributed by atoms with Crippen LogP contribution in [0.25, 0.3) is 11.3 Å². The normalized spacial score (nSPS) is 20.1. The van der Waals surface area contributed by atoms with E-state index >= 15 is 0 Å². The minimum atomic E-state index is -1.44. The van der Waals surface area contributed by atoms with Crippen molar-refractivity contribution in [3.63, 3.8) is 0 Å². The lowest BCUT2D eigenvalue weighted by atomic mass is 10.1. The van der Waals surface area contributed by atoms with E-state index in [1.807, 2.05) is 13.2 Å². The number of amides is 1. The molecule has 1 fully saturated rings. The Labute approximate surface area is 143 Å². The van der Waals surface area contributed by atoms with Gasteiger partial charge in [0.25, 0.3) is 0 Å². The van der Waals surface area contributed by atoms with Gasteiger partial charge in [-0.25, -0.2) is 14.2 Å². The predicted octanol–water partition coefficient (Wildman–Crippen LogP) is 2.43. The van der Waals surface area contributed by atoms with Crippen LogP contribution in [0.1, 0.15) is 12.0 Å². The van der Waals surface area contributed by atoms with Crippen molar-refractivity contribution in [2.45, 2.75) is 18.7 Å². The minimum Gasteiger partial charge on any atom is -0.486 e. The fourth-order valence-corrected chi connectivity index (χ4v) is 2.79. The molecule has 3 rings (SSSR count). The third-order valence-electron chi connectivity index (χ3n) is 4.13. The maximum atomic E-state index is 14.2. The summed E-state index contributed by atoms with van der Waals surface area (Å²) in [7, 11) is 1.85. The van der Waals surface area contributed by atoms with Crippen LogP contribution < -0.4 is 4.74 Å². The standard InChI is InChI=1S/C17H17FN4O3/c1-21-9-14(20-10-21)11-2-3-15(12(6-11)7-19)25-16-4-5-22(17(23)24)8-13(16)18/h2-3,6,9-10,13,16H,4-5,8H2,1H3,(H,23,24)/t13-,16+/m0/s1. The van der Waals surface area contributed by atoms with Crippen molar-refractivity contribution >= 4 is 6.09 Å². The minimum absolute atomic E-state index is 0.203. The summed E-state index contributed by atoms with van der Waals surface area (Å²) in [6.07, 6.45) is 0.375. The number of carbonyl (C=O) groups is 1. The maximum Gasteiger partial charge on any atom is 0.407 e. The maximum absolute atomic E-state index is 14.2. The van der Waals surface area contributed by atoms with Gasteiger partial charge in [0.05, 0.1) is 24.1 Å². The Kier molecular flexibility index (Phi) is 4.57.